The van der Waals surface area contributed by atoms with Crippen molar-refractivity contribution in [3.05, 3.63) is 35.8 Å². The van der Waals surface area contributed by atoms with Gasteiger partial charge in [-0.2, -0.15) is 0 Å². The number of fused-ring (bicyclic) bond motifs is 1. The van der Waals surface area contributed by atoms with E-state index in [1.54, 1.807) is 0 Å². The molecule has 3 heterocycles. The Balaban J connectivity index is 1.77. The van der Waals surface area contributed by atoms with Crippen molar-refractivity contribution in [1.82, 2.24) is 14.3 Å². The SMILES string of the molecule is Cc1cccc2nc(CC3CCN(C)CC3)cn12. The lowest BCUT2D eigenvalue weighted by atomic mass is 9.93. The van der Waals surface area contributed by atoms with Gasteiger partial charge in [-0.25, -0.2) is 4.98 Å². The van der Waals surface area contributed by atoms with Crippen molar-refractivity contribution in [3.8, 4) is 0 Å². The number of hydrogen-bond acceptors (Lipinski definition) is 2. The molecule has 0 amide bonds. The zero-order chi connectivity index (χ0) is 12.5. The van der Waals surface area contributed by atoms with E-state index in [9.17, 15) is 0 Å². The summed E-state index contributed by atoms with van der Waals surface area (Å²) in [7, 11) is 2.21. The normalized spacial score (nSPS) is 18.6. The van der Waals surface area contributed by atoms with Crippen molar-refractivity contribution in [3.63, 3.8) is 0 Å². The lowest BCUT2D eigenvalue weighted by molar-refractivity contribution is 0.218. The van der Waals surface area contributed by atoms with E-state index in [0.717, 1.165) is 18.0 Å². The number of nitrogens with zero attached hydrogens (tertiary/aromatic N) is 3. The molecule has 3 rings (SSSR count). The second-order valence-corrected chi connectivity index (χ2v) is 5.58. The summed E-state index contributed by atoms with van der Waals surface area (Å²) in [5, 5.41) is 0. The fourth-order valence-electron chi connectivity index (χ4n) is 2.86. The van der Waals surface area contributed by atoms with Crippen LogP contribution < -0.4 is 0 Å². The fraction of sp³-hybridized carbons (Fsp3) is 0.533. The monoisotopic (exact) mass is 243 g/mol. The molecule has 0 aliphatic carbocycles. The summed E-state index contributed by atoms with van der Waals surface area (Å²) in [5.74, 6) is 0.811. The average Bonchev–Trinajstić information content (AvgIpc) is 2.76. The molecule has 2 aromatic rings. The highest BCUT2D eigenvalue weighted by Crippen LogP contribution is 2.21. The summed E-state index contributed by atoms with van der Waals surface area (Å²) in [6.45, 7) is 4.60. The Labute approximate surface area is 108 Å². The average molecular weight is 243 g/mol. The van der Waals surface area contributed by atoms with Crippen LogP contribution in [-0.2, 0) is 6.42 Å². The Hall–Kier alpha value is -1.35. The maximum atomic E-state index is 4.74. The minimum atomic E-state index is 0.811. The molecule has 96 valence electrons. The number of piperidine rings is 1. The second-order valence-electron chi connectivity index (χ2n) is 5.58. The van der Waals surface area contributed by atoms with Gasteiger partial charge < -0.3 is 9.30 Å². The van der Waals surface area contributed by atoms with E-state index in [1.807, 2.05) is 0 Å². The van der Waals surface area contributed by atoms with Crippen LogP contribution in [0.15, 0.2) is 24.4 Å². The van der Waals surface area contributed by atoms with Crippen molar-refractivity contribution in [1.29, 1.82) is 0 Å². The Morgan fingerprint density at radius 3 is 2.78 bits per heavy atom. The Morgan fingerprint density at radius 2 is 2.06 bits per heavy atom. The first kappa shape index (κ1) is 11.7. The molecule has 2 aromatic heterocycles. The summed E-state index contributed by atoms with van der Waals surface area (Å²) in [5.41, 5.74) is 3.59. The predicted octanol–water partition coefficient (Wildman–Crippen LogP) is 2.53. The third-order valence-electron chi connectivity index (χ3n) is 4.08. The van der Waals surface area contributed by atoms with Gasteiger partial charge in [-0.1, -0.05) is 6.07 Å². The molecule has 0 spiro atoms. The Kier molecular flexibility index (Phi) is 3.08. The topological polar surface area (TPSA) is 20.5 Å². The summed E-state index contributed by atoms with van der Waals surface area (Å²) < 4.78 is 2.20. The summed E-state index contributed by atoms with van der Waals surface area (Å²) >= 11 is 0. The van der Waals surface area contributed by atoms with Crippen molar-refractivity contribution in [2.45, 2.75) is 26.2 Å². The van der Waals surface area contributed by atoms with E-state index in [4.69, 9.17) is 4.98 Å². The minimum absolute atomic E-state index is 0.811. The second kappa shape index (κ2) is 4.73. The zero-order valence-corrected chi connectivity index (χ0v) is 11.3. The van der Waals surface area contributed by atoms with Crippen LogP contribution in [0.25, 0.3) is 5.65 Å². The zero-order valence-electron chi connectivity index (χ0n) is 11.3. The van der Waals surface area contributed by atoms with E-state index in [1.165, 1.54) is 37.3 Å². The number of hydrogen-bond donors (Lipinski definition) is 0. The van der Waals surface area contributed by atoms with E-state index in [2.05, 4.69) is 47.7 Å². The van der Waals surface area contributed by atoms with Crippen LogP contribution in [0.1, 0.15) is 24.2 Å². The number of rotatable bonds is 2. The molecule has 0 unspecified atom stereocenters. The van der Waals surface area contributed by atoms with Gasteiger partial charge in [0.25, 0.3) is 0 Å². The summed E-state index contributed by atoms with van der Waals surface area (Å²) in [4.78, 5) is 7.16. The van der Waals surface area contributed by atoms with E-state index < -0.39 is 0 Å². The van der Waals surface area contributed by atoms with Crippen LogP contribution in [0, 0.1) is 12.8 Å². The molecule has 1 aliphatic heterocycles. The van der Waals surface area contributed by atoms with Gasteiger partial charge >= 0.3 is 0 Å². The Morgan fingerprint density at radius 1 is 1.28 bits per heavy atom. The highest BCUT2D eigenvalue weighted by atomic mass is 15.1. The van der Waals surface area contributed by atoms with Crippen LogP contribution >= 0.6 is 0 Å². The maximum Gasteiger partial charge on any atom is 0.137 e. The lowest BCUT2D eigenvalue weighted by Gasteiger charge is -2.28. The molecule has 1 aliphatic rings. The van der Waals surface area contributed by atoms with Crippen molar-refractivity contribution in [2.24, 2.45) is 5.92 Å². The standard InChI is InChI=1S/C15H21N3/c1-12-4-3-5-15-16-14(11-18(12)15)10-13-6-8-17(2)9-7-13/h3-5,11,13H,6-10H2,1-2H3. The first-order valence-electron chi connectivity index (χ1n) is 6.84. The molecule has 0 saturated carbocycles. The third-order valence-corrected chi connectivity index (χ3v) is 4.08. The van der Waals surface area contributed by atoms with Crippen LogP contribution in [0.3, 0.4) is 0 Å². The molecule has 1 saturated heterocycles. The van der Waals surface area contributed by atoms with Crippen molar-refractivity contribution in [2.75, 3.05) is 20.1 Å². The highest BCUT2D eigenvalue weighted by Gasteiger charge is 2.18. The lowest BCUT2D eigenvalue weighted by Crippen LogP contribution is -2.30. The van der Waals surface area contributed by atoms with Gasteiger partial charge in [0.2, 0.25) is 0 Å². The molecule has 0 N–H and O–H groups in total. The van der Waals surface area contributed by atoms with Crippen LogP contribution in [0.4, 0.5) is 0 Å². The number of aromatic nitrogens is 2. The molecule has 0 radical (unpaired) electrons. The van der Waals surface area contributed by atoms with Crippen LogP contribution in [0.5, 0.6) is 0 Å². The molecule has 3 nitrogen and oxygen atoms in total. The van der Waals surface area contributed by atoms with Gasteiger partial charge in [0.15, 0.2) is 0 Å². The fourth-order valence-corrected chi connectivity index (χ4v) is 2.86. The van der Waals surface area contributed by atoms with E-state index in [-0.39, 0.29) is 0 Å². The molecule has 3 heteroatoms. The molecular weight excluding hydrogens is 222 g/mol. The number of pyridine rings is 1. The maximum absolute atomic E-state index is 4.74. The first-order valence-corrected chi connectivity index (χ1v) is 6.84. The summed E-state index contributed by atoms with van der Waals surface area (Å²) in [6.07, 6.45) is 5.96. The number of aryl methyl sites for hydroxylation is 1. The predicted molar refractivity (Wildman–Crippen MR) is 73.9 cm³/mol. The first-order chi connectivity index (χ1) is 8.72. The van der Waals surface area contributed by atoms with E-state index >= 15 is 0 Å². The highest BCUT2D eigenvalue weighted by molar-refractivity contribution is 5.41. The van der Waals surface area contributed by atoms with Gasteiger partial charge in [0, 0.05) is 11.9 Å². The molecule has 18 heavy (non-hydrogen) atoms. The largest absolute Gasteiger partial charge is 0.306 e. The number of imidazole rings is 1. The number of likely N-dealkylation sites (tertiary alicyclic amines) is 1. The van der Waals surface area contributed by atoms with Gasteiger partial charge in [-0.15, -0.1) is 0 Å². The van der Waals surface area contributed by atoms with Gasteiger partial charge in [0.05, 0.1) is 5.69 Å². The molecule has 0 aromatic carbocycles. The third kappa shape index (κ3) is 2.27. The van der Waals surface area contributed by atoms with Crippen molar-refractivity contribution >= 4 is 5.65 Å². The summed E-state index contributed by atoms with van der Waals surface area (Å²) in [6, 6.07) is 6.30. The minimum Gasteiger partial charge on any atom is -0.306 e. The quantitative estimate of drug-likeness (QED) is 0.808. The Bertz CT molecular complexity index is 536. The van der Waals surface area contributed by atoms with E-state index in [0.29, 0.717) is 0 Å². The van der Waals surface area contributed by atoms with Crippen LogP contribution in [-0.4, -0.2) is 34.4 Å². The van der Waals surface area contributed by atoms with Crippen LogP contribution in [0.2, 0.25) is 0 Å². The molecule has 0 bridgehead atoms. The smallest absolute Gasteiger partial charge is 0.137 e. The van der Waals surface area contributed by atoms with Gasteiger partial charge in [0.1, 0.15) is 5.65 Å². The molecular formula is C15H21N3. The molecule has 0 atom stereocenters. The molecule has 1 fully saturated rings. The van der Waals surface area contributed by atoms with Gasteiger partial charge in [-0.05, 0) is 64.4 Å². The van der Waals surface area contributed by atoms with Crippen molar-refractivity contribution < 1.29 is 0 Å². The van der Waals surface area contributed by atoms with Gasteiger partial charge in [-0.3, -0.25) is 0 Å².